The van der Waals surface area contributed by atoms with Crippen molar-refractivity contribution in [1.82, 2.24) is 9.97 Å². The molecule has 2 aromatic rings. The molecule has 0 amide bonds. The van der Waals surface area contributed by atoms with Gasteiger partial charge in [-0.2, -0.15) is 0 Å². The van der Waals surface area contributed by atoms with Gasteiger partial charge in [0, 0.05) is 23.7 Å². The molecule has 1 aromatic carbocycles. The highest BCUT2D eigenvalue weighted by Gasteiger charge is 2.31. The fourth-order valence-electron chi connectivity index (χ4n) is 3.03. The zero-order valence-electron chi connectivity index (χ0n) is 11.6. The van der Waals surface area contributed by atoms with Gasteiger partial charge in [-0.25, -0.2) is 9.97 Å². The van der Waals surface area contributed by atoms with E-state index in [0.29, 0.717) is 17.8 Å². The van der Waals surface area contributed by atoms with Crippen LogP contribution in [0.15, 0.2) is 30.3 Å². The molecule has 1 unspecified atom stereocenters. The summed E-state index contributed by atoms with van der Waals surface area (Å²) in [5, 5.41) is 0. The molecule has 102 valence electrons. The van der Waals surface area contributed by atoms with E-state index in [4.69, 9.17) is 10.7 Å². The second-order valence-electron chi connectivity index (χ2n) is 5.84. The summed E-state index contributed by atoms with van der Waals surface area (Å²) in [5.41, 5.74) is 8.61. The molecule has 1 aromatic heterocycles. The maximum absolute atomic E-state index is 5.98. The van der Waals surface area contributed by atoms with Crippen molar-refractivity contribution in [2.75, 3.05) is 10.6 Å². The molecule has 0 spiro atoms. The van der Waals surface area contributed by atoms with Crippen molar-refractivity contribution in [3.8, 4) is 0 Å². The van der Waals surface area contributed by atoms with Crippen LogP contribution in [0.4, 0.5) is 17.3 Å². The van der Waals surface area contributed by atoms with Gasteiger partial charge in [-0.3, -0.25) is 0 Å². The summed E-state index contributed by atoms with van der Waals surface area (Å²) >= 11 is 0. The van der Waals surface area contributed by atoms with Crippen LogP contribution in [0, 0.1) is 0 Å². The minimum absolute atomic E-state index is 0.411. The van der Waals surface area contributed by atoms with Gasteiger partial charge in [0.15, 0.2) is 0 Å². The van der Waals surface area contributed by atoms with Crippen LogP contribution in [-0.2, 0) is 6.42 Å². The lowest BCUT2D eigenvalue weighted by Crippen LogP contribution is -2.25. The molecule has 1 saturated carbocycles. The SMILES string of the molecule is CC1Cc2ccccc2N1c1cc(N)nc(C2CC2)n1. The number of nitrogens with zero attached hydrogens (tertiary/aromatic N) is 3. The first kappa shape index (κ1) is 11.7. The molecule has 2 heterocycles. The molecule has 2 N–H and O–H groups in total. The Labute approximate surface area is 118 Å². The molecule has 2 aliphatic rings. The third-order valence-electron chi connectivity index (χ3n) is 4.15. The number of para-hydroxylation sites is 1. The van der Waals surface area contributed by atoms with Crippen LogP contribution in [0.1, 0.15) is 37.1 Å². The number of hydrogen-bond acceptors (Lipinski definition) is 4. The lowest BCUT2D eigenvalue weighted by Gasteiger charge is -2.24. The number of nitrogens with two attached hydrogens (primary N) is 1. The summed E-state index contributed by atoms with van der Waals surface area (Å²) < 4.78 is 0. The summed E-state index contributed by atoms with van der Waals surface area (Å²) in [7, 11) is 0. The molecule has 1 aliphatic carbocycles. The third-order valence-corrected chi connectivity index (χ3v) is 4.15. The van der Waals surface area contributed by atoms with Crippen LogP contribution in [0.25, 0.3) is 0 Å². The molecule has 4 heteroatoms. The highest BCUT2D eigenvalue weighted by molar-refractivity contribution is 5.70. The van der Waals surface area contributed by atoms with Gasteiger partial charge in [0.05, 0.1) is 0 Å². The summed E-state index contributed by atoms with van der Waals surface area (Å²) in [5.74, 6) is 2.95. The Morgan fingerprint density at radius 3 is 2.80 bits per heavy atom. The Kier molecular flexibility index (Phi) is 2.46. The number of hydrogen-bond donors (Lipinski definition) is 1. The predicted octanol–water partition coefficient (Wildman–Crippen LogP) is 3.02. The first-order valence-corrected chi connectivity index (χ1v) is 7.24. The van der Waals surface area contributed by atoms with Gasteiger partial charge in [0.2, 0.25) is 0 Å². The van der Waals surface area contributed by atoms with E-state index in [-0.39, 0.29) is 0 Å². The molecule has 1 fully saturated rings. The average molecular weight is 266 g/mol. The summed E-state index contributed by atoms with van der Waals surface area (Å²) in [6, 6.07) is 10.8. The number of anilines is 3. The second-order valence-corrected chi connectivity index (χ2v) is 5.84. The van der Waals surface area contributed by atoms with Crippen molar-refractivity contribution in [2.24, 2.45) is 0 Å². The number of fused-ring (bicyclic) bond motifs is 1. The fourth-order valence-corrected chi connectivity index (χ4v) is 3.03. The van der Waals surface area contributed by atoms with Crippen LogP contribution in [0.3, 0.4) is 0 Å². The molecular weight excluding hydrogens is 248 g/mol. The van der Waals surface area contributed by atoms with E-state index in [2.05, 4.69) is 41.1 Å². The maximum atomic E-state index is 5.98. The number of benzene rings is 1. The Morgan fingerprint density at radius 1 is 1.20 bits per heavy atom. The van der Waals surface area contributed by atoms with E-state index in [1.54, 1.807) is 0 Å². The maximum Gasteiger partial charge on any atom is 0.139 e. The molecule has 1 atom stereocenters. The minimum Gasteiger partial charge on any atom is -0.384 e. The van der Waals surface area contributed by atoms with Gasteiger partial charge < -0.3 is 10.6 Å². The summed E-state index contributed by atoms with van der Waals surface area (Å²) in [6.45, 7) is 2.23. The first-order chi connectivity index (χ1) is 9.72. The van der Waals surface area contributed by atoms with Gasteiger partial charge in [0.1, 0.15) is 17.5 Å². The van der Waals surface area contributed by atoms with Crippen LogP contribution < -0.4 is 10.6 Å². The second kappa shape index (κ2) is 4.20. The monoisotopic (exact) mass is 266 g/mol. The highest BCUT2D eigenvalue weighted by atomic mass is 15.2. The number of aromatic nitrogens is 2. The lowest BCUT2D eigenvalue weighted by atomic mass is 10.1. The zero-order chi connectivity index (χ0) is 13.7. The third kappa shape index (κ3) is 1.83. The van der Waals surface area contributed by atoms with E-state index >= 15 is 0 Å². The van der Waals surface area contributed by atoms with E-state index < -0.39 is 0 Å². The number of nitrogen functional groups attached to an aromatic ring is 1. The van der Waals surface area contributed by atoms with Gasteiger partial charge in [-0.15, -0.1) is 0 Å². The normalized spacial score (nSPS) is 21.1. The molecule has 1 aliphatic heterocycles. The van der Waals surface area contributed by atoms with E-state index in [0.717, 1.165) is 18.1 Å². The van der Waals surface area contributed by atoms with E-state index in [1.165, 1.54) is 24.1 Å². The van der Waals surface area contributed by atoms with Crippen molar-refractivity contribution >= 4 is 17.3 Å². The van der Waals surface area contributed by atoms with Gasteiger partial charge in [-0.1, -0.05) is 18.2 Å². The van der Waals surface area contributed by atoms with Crippen LogP contribution in [-0.4, -0.2) is 16.0 Å². The first-order valence-electron chi connectivity index (χ1n) is 7.24. The highest BCUT2D eigenvalue weighted by Crippen LogP contribution is 2.41. The van der Waals surface area contributed by atoms with Crippen molar-refractivity contribution in [3.63, 3.8) is 0 Å². The van der Waals surface area contributed by atoms with Crippen LogP contribution in [0.5, 0.6) is 0 Å². The van der Waals surface area contributed by atoms with Crippen molar-refractivity contribution < 1.29 is 0 Å². The molecule has 0 radical (unpaired) electrons. The largest absolute Gasteiger partial charge is 0.384 e. The van der Waals surface area contributed by atoms with Crippen LogP contribution in [0.2, 0.25) is 0 Å². The molecule has 20 heavy (non-hydrogen) atoms. The quantitative estimate of drug-likeness (QED) is 0.907. The van der Waals surface area contributed by atoms with Crippen molar-refractivity contribution in [2.45, 2.75) is 38.1 Å². The van der Waals surface area contributed by atoms with Crippen molar-refractivity contribution in [3.05, 3.63) is 41.7 Å². The molecule has 0 bridgehead atoms. The Bertz CT molecular complexity index is 663. The van der Waals surface area contributed by atoms with Crippen molar-refractivity contribution in [1.29, 1.82) is 0 Å². The van der Waals surface area contributed by atoms with Gasteiger partial charge in [-0.05, 0) is 37.8 Å². The van der Waals surface area contributed by atoms with Gasteiger partial charge >= 0.3 is 0 Å². The molecule has 4 rings (SSSR count). The van der Waals surface area contributed by atoms with Gasteiger partial charge in [0.25, 0.3) is 0 Å². The molecular formula is C16H18N4. The summed E-state index contributed by atoms with van der Waals surface area (Å²) in [4.78, 5) is 11.4. The topological polar surface area (TPSA) is 55.0 Å². The Balaban J connectivity index is 1.80. The van der Waals surface area contributed by atoms with E-state index in [9.17, 15) is 0 Å². The minimum atomic E-state index is 0.411. The standard InChI is InChI=1S/C16H18N4/c1-10-8-12-4-2-3-5-13(12)20(10)15-9-14(17)18-16(19-15)11-6-7-11/h2-5,9-11H,6-8H2,1H3,(H2,17,18,19). The predicted molar refractivity (Wildman–Crippen MR) is 80.2 cm³/mol. The molecule has 4 nitrogen and oxygen atoms in total. The summed E-state index contributed by atoms with van der Waals surface area (Å²) in [6.07, 6.45) is 3.43. The average Bonchev–Trinajstić information content (AvgIpc) is 3.20. The number of rotatable bonds is 2. The molecule has 0 saturated heterocycles. The Morgan fingerprint density at radius 2 is 2.00 bits per heavy atom. The fraction of sp³-hybridized carbons (Fsp3) is 0.375. The Hall–Kier alpha value is -2.10. The van der Waals surface area contributed by atoms with Crippen LogP contribution >= 0.6 is 0 Å². The zero-order valence-corrected chi connectivity index (χ0v) is 11.6. The van der Waals surface area contributed by atoms with E-state index in [1.807, 2.05) is 6.07 Å². The smallest absolute Gasteiger partial charge is 0.139 e. The lowest BCUT2D eigenvalue weighted by molar-refractivity contribution is 0.744.